The zero-order chi connectivity index (χ0) is 22.8. The molecule has 0 N–H and O–H groups in total. The van der Waals surface area contributed by atoms with E-state index in [4.69, 9.17) is 9.72 Å². The number of carbonyl (C=O) groups excluding carboxylic acids is 1. The van der Waals surface area contributed by atoms with E-state index in [1.165, 1.54) is 11.8 Å². The standard InChI is InChI=1S/C25H30N2O3S/c1-16(2)15-21(23(29)30-25(4,5)6)31-24-26-19-13-9-8-12-18(19)22(28)27(24)20-14-10-7-11-17(20)3/h7-14,16,21H,15H2,1-6H3. The smallest absolute Gasteiger partial charge is 0.320 e. The van der Waals surface area contributed by atoms with Crippen molar-refractivity contribution >= 4 is 28.6 Å². The van der Waals surface area contributed by atoms with Crippen molar-refractivity contribution in [2.45, 2.75) is 64.0 Å². The number of nitrogens with zero attached hydrogens (tertiary/aromatic N) is 2. The highest BCUT2D eigenvalue weighted by Crippen LogP contribution is 2.31. The predicted octanol–water partition coefficient (Wildman–Crippen LogP) is 5.54. The van der Waals surface area contributed by atoms with Crippen molar-refractivity contribution in [1.82, 2.24) is 9.55 Å². The van der Waals surface area contributed by atoms with Gasteiger partial charge in [-0.1, -0.05) is 55.9 Å². The molecule has 0 fully saturated rings. The Morgan fingerprint density at radius 2 is 1.74 bits per heavy atom. The maximum absolute atomic E-state index is 13.5. The van der Waals surface area contributed by atoms with Gasteiger partial charge in [0.2, 0.25) is 0 Å². The Morgan fingerprint density at radius 1 is 1.10 bits per heavy atom. The van der Waals surface area contributed by atoms with Crippen molar-refractivity contribution in [1.29, 1.82) is 0 Å². The van der Waals surface area contributed by atoms with Crippen LogP contribution in [0.15, 0.2) is 58.5 Å². The lowest BCUT2D eigenvalue weighted by Crippen LogP contribution is -2.32. The summed E-state index contributed by atoms with van der Waals surface area (Å²) in [4.78, 5) is 31.3. The van der Waals surface area contributed by atoms with Gasteiger partial charge in [-0.3, -0.25) is 14.2 Å². The average Bonchev–Trinajstić information content (AvgIpc) is 2.67. The van der Waals surface area contributed by atoms with Gasteiger partial charge in [-0.25, -0.2) is 4.98 Å². The van der Waals surface area contributed by atoms with Gasteiger partial charge in [0, 0.05) is 0 Å². The molecule has 0 aliphatic carbocycles. The van der Waals surface area contributed by atoms with Crippen LogP contribution in [0, 0.1) is 12.8 Å². The Morgan fingerprint density at radius 3 is 2.39 bits per heavy atom. The van der Waals surface area contributed by atoms with Crippen LogP contribution in [0.5, 0.6) is 0 Å². The number of hydrogen-bond donors (Lipinski definition) is 0. The molecule has 2 aromatic carbocycles. The topological polar surface area (TPSA) is 61.2 Å². The molecule has 6 heteroatoms. The molecule has 0 spiro atoms. The molecule has 0 aliphatic heterocycles. The molecule has 3 aromatic rings. The maximum atomic E-state index is 13.5. The van der Waals surface area contributed by atoms with Crippen LogP contribution in [0.25, 0.3) is 16.6 Å². The van der Waals surface area contributed by atoms with Gasteiger partial charge in [-0.05, 0) is 63.8 Å². The number of ether oxygens (including phenoxy) is 1. The van der Waals surface area contributed by atoms with E-state index in [0.717, 1.165) is 11.3 Å². The minimum absolute atomic E-state index is 0.144. The van der Waals surface area contributed by atoms with Gasteiger partial charge in [0.15, 0.2) is 5.16 Å². The first-order valence-electron chi connectivity index (χ1n) is 10.5. The lowest BCUT2D eigenvalue weighted by Gasteiger charge is -2.25. The Bertz CT molecular complexity index is 1150. The second-order valence-electron chi connectivity index (χ2n) is 9.11. The number of esters is 1. The number of hydrogen-bond acceptors (Lipinski definition) is 5. The van der Waals surface area contributed by atoms with Crippen LogP contribution < -0.4 is 5.56 Å². The maximum Gasteiger partial charge on any atom is 0.320 e. The zero-order valence-corrected chi connectivity index (χ0v) is 19.8. The Labute approximate surface area is 187 Å². The van der Waals surface area contributed by atoms with Crippen LogP contribution >= 0.6 is 11.8 Å². The lowest BCUT2D eigenvalue weighted by atomic mass is 10.1. The molecule has 164 valence electrons. The van der Waals surface area contributed by atoms with E-state index in [1.54, 1.807) is 10.6 Å². The number of benzene rings is 2. The molecule has 3 rings (SSSR count). The summed E-state index contributed by atoms with van der Waals surface area (Å²) in [6.45, 7) is 11.7. The third-order valence-electron chi connectivity index (χ3n) is 4.70. The predicted molar refractivity (Wildman–Crippen MR) is 127 cm³/mol. The highest BCUT2D eigenvalue weighted by molar-refractivity contribution is 8.00. The summed E-state index contributed by atoms with van der Waals surface area (Å²) in [5.41, 5.74) is 1.61. The third-order valence-corrected chi connectivity index (χ3v) is 5.86. The normalized spacial score (nSPS) is 12.9. The number of aromatic nitrogens is 2. The fourth-order valence-electron chi connectivity index (χ4n) is 3.33. The van der Waals surface area contributed by atoms with E-state index < -0.39 is 10.9 Å². The van der Waals surface area contributed by atoms with Gasteiger partial charge in [0.25, 0.3) is 5.56 Å². The van der Waals surface area contributed by atoms with Gasteiger partial charge in [-0.15, -0.1) is 0 Å². The van der Waals surface area contributed by atoms with Gasteiger partial charge in [-0.2, -0.15) is 0 Å². The monoisotopic (exact) mass is 438 g/mol. The largest absolute Gasteiger partial charge is 0.459 e. The van der Waals surface area contributed by atoms with Crippen molar-refractivity contribution in [3.8, 4) is 5.69 Å². The summed E-state index contributed by atoms with van der Waals surface area (Å²) in [5.74, 6) is -0.00551. The van der Waals surface area contributed by atoms with Crippen LogP contribution in [0.4, 0.5) is 0 Å². The van der Waals surface area contributed by atoms with Crippen LogP contribution in [0.1, 0.15) is 46.6 Å². The molecule has 31 heavy (non-hydrogen) atoms. The van der Waals surface area contributed by atoms with Gasteiger partial charge in [0.1, 0.15) is 10.9 Å². The molecule has 1 atom stereocenters. The van der Waals surface area contributed by atoms with Crippen LogP contribution in [-0.4, -0.2) is 26.4 Å². The first-order valence-corrected chi connectivity index (χ1v) is 11.4. The Hall–Kier alpha value is -2.60. The van der Waals surface area contributed by atoms with E-state index in [1.807, 2.05) is 70.2 Å². The molecule has 5 nitrogen and oxygen atoms in total. The number of fused-ring (bicyclic) bond motifs is 1. The highest BCUT2D eigenvalue weighted by Gasteiger charge is 2.29. The molecular formula is C25H30N2O3S. The number of aryl methyl sites for hydroxylation is 1. The van der Waals surface area contributed by atoms with Crippen molar-refractivity contribution in [3.05, 3.63) is 64.4 Å². The van der Waals surface area contributed by atoms with Crippen molar-refractivity contribution in [2.75, 3.05) is 0 Å². The van der Waals surface area contributed by atoms with E-state index in [9.17, 15) is 9.59 Å². The average molecular weight is 439 g/mol. The molecule has 0 amide bonds. The zero-order valence-electron chi connectivity index (χ0n) is 19.0. The molecule has 1 aromatic heterocycles. The minimum atomic E-state index is -0.584. The van der Waals surface area contributed by atoms with E-state index in [-0.39, 0.29) is 17.4 Å². The van der Waals surface area contributed by atoms with Crippen molar-refractivity contribution in [3.63, 3.8) is 0 Å². The number of rotatable bonds is 6. The number of thioether (sulfide) groups is 1. The summed E-state index contributed by atoms with van der Waals surface area (Å²) in [7, 11) is 0. The summed E-state index contributed by atoms with van der Waals surface area (Å²) >= 11 is 1.30. The first-order chi connectivity index (χ1) is 14.6. The highest BCUT2D eigenvalue weighted by atomic mass is 32.2. The minimum Gasteiger partial charge on any atom is -0.459 e. The fraction of sp³-hybridized carbons (Fsp3) is 0.400. The Balaban J connectivity index is 2.17. The summed E-state index contributed by atoms with van der Waals surface area (Å²) in [6.07, 6.45) is 0.621. The lowest BCUT2D eigenvalue weighted by molar-refractivity contribution is -0.154. The molecule has 0 bridgehead atoms. The molecular weight excluding hydrogens is 408 g/mol. The summed E-state index contributed by atoms with van der Waals surface area (Å²) in [6, 6.07) is 15.0. The SMILES string of the molecule is Cc1ccccc1-n1c(SC(CC(C)C)C(=O)OC(C)(C)C)nc2ccccc2c1=O. The number of para-hydroxylation sites is 2. The molecule has 1 heterocycles. The van der Waals surface area contributed by atoms with Crippen LogP contribution in [0.2, 0.25) is 0 Å². The van der Waals surface area contributed by atoms with Gasteiger partial charge >= 0.3 is 5.97 Å². The van der Waals surface area contributed by atoms with Crippen molar-refractivity contribution in [2.24, 2.45) is 5.92 Å². The van der Waals surface area contributed by atoms with E-state index in [2.05, 4.69) is 13.8 Å². The summed E-state index contributed by atoms with van der Waals surface area (Å²) < 4.78 is 7.31. The molecule has 0 saturated carbocycles. The second kappa shape index (κ2) is 9.27. The van der Waals surface area contributed by atoms with Gasteiger partial charge in [0.05, 0.1) is 16.6 Å². The van der Waals surface area contributed by atoms with Crippen LogP contribution in [-0.2, 0) is 9.53 Å². The van der Waals surface area contributed by atoms with E-state index >= 15 is 0 Å². The molecule has 0 radical (unpaired) electrons. The van der Waals surface area contributed by atoms with Gasteiger partial charge < -0.3 is 4.74 Å². The Kier molecular flexibility index (Phi) is 6.90. The second-order valence-corrected chi connectivity index (χ2v) is 10.3. The summed E-state index contributed by atoms with van der Waals surface area (Å²) in [5, 5.41) is 0.574. The number of carbonyl (C=O) groups is 1. The first kappa shape index (κ1) is 23.1. The third kappa shape index (κ3) is 5.56. The quantitative estimate of drug-likeness (QED) is 0.287. The molecule has 0 aliphatic rings. The van der Waals surface area contributed by atoms with Crippen molar-refractivity contribution < 1.29 is 9.53 Å². The van der Waals surface area contributed by atoms with Crippen LogP contribution in [0.3, 0.4) is 0 Å². The fourth-order valence-corrected chi connectivity index (χ4v) is 4.65. The van der Waals surface area contributed by atoms with E-state index in [0.29, 0.717) is 22.5 Å². The molecule has 1 unspecified atom stereocenters. The molecule has 0 saturated heterocycles.